The summed E-state index contributed by atoms with van der Waals surface area (Å²) in [4.78, 5) is 8.50. The van der Waals surface area contributed by atoms with Gasteiger partial charge in [-0.3, -0.25) is 4.99 Å². The average Bonchev–Trinajstić information content (AvgIpc) is 2.88. The van der Waals surface area contributed by atoms with Gasteiger partial charge in [0.25, 0.3) is 0 Å². The van der Waals surface area contributed by atoms with Gasteiger partial charge in [0, 0.05) is 18.2 Å². The van der Waals surface area contributed by atoms with Crippen LogP contribution in [-0.4, -0.2) is 33.6 Å². The Bertz CT molecular complexity index is 397. The quantitative estimate of drug-likeness (QED) is 0.906. The molecule has 2 heterocycles. The molecular formula is C12H20N4OS. The smallest absolute Gasteiger partial charge is 0.213 e. The maximum atomic E-state index is 4.68. The van der Waals surface area contributed by atoms with Crippen molar-refractivity contribution in [3.63, 3.8) is 0 Å². The normalized spacial score (nSPS) is 19.9. The molecule has 0 bridgehead atoms. The topological polar surface area (TPSA) is 63.3 Å². The predicted octanol–water partition coefficient (Wildman–Crippen LogP) is 2.11. The van der Waals surface area contributed by atoms with E-state index in [1.54, 1.807) is 0 Å². The molecule has 1 aromatic rings. The zero-order chi connectivity index (χ0) is 13.0. The summed E-state index contributed by atoms with van der Waals surface area (Å²) in [5, 5.41) is 8.76. The summed E-state index contributed by atoms with van der Waals surface area (Å²) in [6.07, 6.45) is 3.31. The number of aromatic nitrogens is 2. The second-order valence-corrected chi connectivity index (χ2v) is 6.96. The van der Waals surface area contributed by atoms with Crippen LogP contribution in [-0.2, 0) is 6.42 Å². The number of nitrogens with one attached hydrogen (secondary N) is 1. The highest BCUT2D eigenvalue weighted by atomic mass is 32.2. The molecule has 0 saturated heterocycles. The molecule has 1 N–H and O–H groups in total. The summed E-state index contributed by atoms with van der Waals surface area (Å²) < 4.78 is 4.68. The fourth-order valence-corrected chi connectivity index (χ4v) is 3.27. The maximum absolute atomic E-state index is 4.68. The van der Waals surface area contributed by atoms with Gasteiger partial charge in [-0.15, -0.1) is 0 Å². The Morgan fingerprint density at radius 1 is 1.50 bits per heavy atom. The first-order valence-electron chi connectivity index (χ1n) is 6.23. The second-order valence-electron chi connectivity index (χ2n) is 5.67. The molecule has 1 atom stereocenters. The highest BCUT2D eigenvalue weighted by Gasteiger charge is 2.24. The van der Waals surface area contributed by atoms with Gasteiger partial charge in [-0.05, 0) is 11.8 Å². The van der Waals surface area contributed by atoms with Gasteiger partial charge in [0.15, 0.2) is 11.0 Å². The Labute approximate surface area is 112 Å². The number of thioether (sulfide) groups is 1. The third-order valence-corrected chi connectivity index (χ3v) is 3.73. The lowest BCUT2D eigenvalue weighted by molar-refractivity contribution is 0.375. The highest BCUT2D eigenvalue weighted by Crippen LogP contribution is 2.31. The molecule has 1 unspecified atom stereocenters. The molecule has 0 aromatic carbocycles. The highest BCUT2D eigenvalue weighted by molar-refractivity contribution is 8.14. The van der Waals surface area contributed by atoms with Gasteiger partial charge >= 0.3 is 0 Å². The molecule has 1 aliphatic rings. The molecule has 100 valence electrons. The molecule has 5 nitrogen and oxygen atoms in total. The number of hydrogen-bond acceptors (Lipinski definition) is 6. The molecule has 0 aliphatic carbocycles. The molecule has 0 fully saturated rings. The van der Waals surface area contributed by atoms with E-state index >= 15 is 0 Å². The van der Waals surface area contributed by atoms with E-state index < -0.39 is 0 Å². The van der Waals surface area contributed by atoms with Crippen LogP contribution in [0.25, 0.3) is 0 Å². The summed E-state index contributed by atoms with van der Waals surface area (Å²) in [6.45, 7) is 8.54. The van der Waals surface area contributed by atoms with E-state index in [4.69, 9.17) is 0 Å². The maximum Gasteiger partial charge on any atom is 0.213 e. The van der Waals surface area contributed by atoms with Crippen molar-refractivity contribution in [2.45, 2.75) is 38.9 Å². The van der Waals surface area contributed by atoms with Crippen molar-refractivity contribution in [1.29, 1.82) is 0 Å². The van der Waals surface area contributed by atoms with Crippen LogP contribution in [0.4, 0.5) is 0 Å². The van der Waals surface area contributed by atoms with Gasteiger partial charge in [-0.1, -0.05) is 37.7 Å². The van der Waals surface area contributed by atoms with Crippen molar-refractivity contribution in [2.24, 2.45) is 10.4 Å². The fraction of sp³-hybridized carbons (Fsp3) is 0.750. The van der Waals surface area contributed by atoms with Crippen LogP contribution >= 0.6 is 11.8 Å². The summed E-state index contributed by atoms with van der Waals surface area (Å²) in [7, 11) is 0. The van der Waals surface area contributed by atoms with E-state index in [-0.39, 0.29) is 0 Å². The lowest BCUT2D eigenvalue weighted by atomic mass is 9.90. The molecule has 2 rings (SSSR count). The first-order valence-corrected chi connectivity index (χ1v) is 7.11. The standard InChI is InChI=1S/C12H20N4OS/c1-12(2,3)6-9-7-14-11(18-9)13-5-4-10-15-8-17-16-10/h8-9H,4-7H2,1-3H3,(H,13,14). The van der Waals surface area contributed by atoms with Crippen molar-refractivity contribution >= 4 is 16.9 Å². The van der Waals surface area contributed by atoms with Gasteiger partial charge in [0.05, 0.1) is 6.54 Å². The number of nitrogens with zero attached hydrogens (tertiary/aromatic N) is 3. The monoisotopic (exact) mass is 268 g/mol. The van der Waals surface area contributed by atoms with Crippen LogP contribution < -0.4 is 5.32 Å². The Hall–Kier alpha value is -1.04. The van der Waals surface area contributed by atoms with Crippen molar-refractivity contribution in [2.75, 3.05) is 13.1 Å². The van der Waals surface area contributed by atoms with Gasteiger partial charge < -0.3 is 9.84 Å². The number of aliphatic imine (C=N–C) groups is 1. The first-order chi connectivity index (χ1) is 8.53. The first kappa shape index (κ1) is 13.4. The number of rotatable bonds is 4. The average molecular weight is 268 g/mol. The predicted molar refractivity (Wildman–Crippen MR) is 73.8 cm³/mol. The zero-order valence-electron chi connectivity index (χ0n) is 11.1. The van der Waals surface area contributed by atoms with Gasteiger partial charge in [-0.25, -0.2) is 0 Å². The summed E-state index contributed by atoms with van der Waals surface area (Å²) >= 11 is 1.85. The largest absolute Gasteiger partial charge is 0.364 e. The minimum atomic E-state index is 0.368. The summed E-state index contributed by atoms with van der Waals surface area (Å²) in [5.41, 5.74) is 0.368. The van der Waals surface area contributed by atoms with Crippen LogP contribution in [0.2, 0.25) is 0 Å². The molecule has 1 aliphatic heterocycles. The van der Waals surface area contributed by atoms with Crippen molar-refractivity contribution < 1.29 is 4.52 Å². The molecule has 0 saturated carbocycles. The van der Waals surface area contributed by atoms with Gasteiger partial charge in [0.1, 0.15) is 0 Å². The van der Waals surface area contributed by atoms with Crippen molar-refractivity contribution in [3.8, 4) is 0 Å². The Balaban J connectivity index is 1.66. The molecule has 18 heavy (non-hydrogen) atoms. The Morgan fingerprint density at radius 2 is 2.33 bits per heavy atom. The van der Waals surface area contributed by atoms with Crippen LogP contribution in [0, 0.1) is 5.41 Å². The third-order valence-electron chi connectivity index (χ3n) is 2.59. The summed E-state index contributed by atoms with van der Waals surface area (Å²) in [5.74, 6) is 0.734. The van der Waals surface area contributed by atoms with Gasteiger partial charge in [0.2, 0.25) is 6.39 Å². The Kier molecular flexibility index (Phi) is 4.27. The van der Waals surface area contributed by atoms with Crippen LogP contribution in [0.3, 0.4) is 0 Å². The van der Waals surface area contributed by atoms with Gasteiger partial charge in [-0.2, -0.15) is 4.98 Å². The zero-order valence-corrected chi connectivity index (χ0v) is 12.0. The Morgan fingerprint density at radius 3 is 3.00 bits per heavy atom. The van der Waals surface area contributed by atoms with E-state index in [1.165, 1.54) is 12.8 Å². The SMILES string of the molecule is CC(C)(C)CC1CN=C(NCCc2ncon2)S1. The number of hydrogen-bond donors (Lipinski definition) is 1. The minimum Gasteiger partial charge on any atom is -0.364 e. The summed E-state index contributed by atoms with van der Waals surface area (Å²) in [6, 6.07) is 0. The molecule has 0 amide bonds. The fourth-order valence-electron chi connectivity index (χ4n) is 1.89. The lowest BCUT2D eigenvalue weighted by Gasteiger charge is -2.21. The van der Waals surface area contributed by atoms with E-state index in [0.717, 1.165) is 30.5 Å². The third kappa shape index (κ3) is 4.33. The molecular weight excluding hydrogens is 248 g/mol. The molecule has 0 radical (unpaired) electrons. The van der Waals surface area contributed by atoms with Crippen molar-refractivity contribution in [3.05, 3.63) is 12.2 Å². The molecule has 6 heteroatoms. The van der Waals surface area contributed by atoms with E-state index in [1.807, 2.05) is 11.8 Å². The second kappa shape index (κ2) is 5.73. The van der Waals surface area contributed by atoms with Crippen LogP contribution in [0.1, 0.15) is 33.0 Å². The van der Waals surface area contributed by atoms with Crippen LogP contribution in [0.5, 0.6) is 0 Å². The number of amidine groups is 1. The lowest BCUT2D eigenvalue weighted by Crippen LogP contribution is -2.23. The van der Waals surface area contributed by atoms with E-state index in [2.05, 4.69) is 45.7 Å². The van der Waals surface area contributed by atoms with Crippen molar-refractivity contribution in [1.82, 2.24) is 15.5 Å². The van der Waals surface area contributed by atoms with Crippen LogP contribution in [0.15, 0.2) is 15.9 Å². The van der Waals surface area contributed by atoms with E-state index in [9.17, 15) is 0 Å². The molecule has 0 spiro atoms. The van der Waals surface area contributed by atoms with E-state index in [0.29, 0.717) is 10.7 Å². The molecule has 1 aromatic heterocycles. The minimum absolute atomic E-state index is 0.368.